The van der Waals surface area contributed by atoms with Crippen molar-refractivity contribution in [2.24, 2.45) is 7.05 Å². The largest absolute Gasteiger partial charge is 0.354 e. The van der Waals surface area contributed by atoms with Crippen molar-refractivity contribution in [3.63, 3.8) is 0 Å². The third kappa shape index (κ3) is 3.61. The molecular formula is C18H26N6OS. The summed E-state index contributed by atoms with van der Waals surface area (Å²) in [5.41, 5.74) is -0.544. The number of likely N-dealkylation sites (tertiary alicyclic amines) is 2. The van der Waals surface area contributed by atoms with Gasteiger partial charge in [-0.15, -0.1) is 11.3 Å². The SMILES string of the molecule is Cn1ccc(NC2(C(=O)N3CCCC3)CCN(Cc3nccs3)CC2)n1. The molecule has 2 saturated heterocycles. The average molecular weight is 375 g/mol. The van der Waals surface area contributed by atoms with E-state index in [9.17, 15) is 4.79 Å². The van der Waals surface area contributed by atoms with E-state index in [-0.39, 0.29) is 5.91 Å². The molecule has 2 aromatic rings. The Morgan fingerprint density at radius 1 is 1.27 bits per heavy atom. The smallest absolute Gasteiger partial charge is 0.248 e. The van der Waals surface area contributed by atoms with Crippen molar-refractivity contribution < 1.29 is 4.79 Å². The standard InChI is InChI=1S/C18H26N6OS/c1-22-10-4-15(21-22)20-18(17(25)24-8-2-3-9-24)5-11-23(12-6-18)14-16-19-7-13-26-16/h4,7,10,13H,2-3,5-6,8-9,11-12,14H2,1H3,(H,20,21). The number of hydrogen-bond donors (Lipinski definition) is 1. The molecular weight excluding hydrogens is 348 g/mol. The predicted octanol–water partition coefficient (Wildman–Crippen LogP) is 1.95. The van der Waals surface area contributed by atoms with E-state index in [1.165, 1.54) is 0 Å². The summed E-state index contributed by atoms with van der Waals surface area (Å²) < 4.78 is 1.77. The third-order valence-corrected chi connectivity index (χ3v) is 6.20. The van der Waals surface area contributed by atoms with Crippen LogP contribution in [0, 0.1) is 0 Å². The zero-order chi connectivity index (χ0) is 18.0. The number of carbonyl (C=O) groups is 1. The quantitative estimate of drug-likeness (QED) is 0.866. The van der Waals surface area contributed by atoms with Gasteiger partial charge in [-0.25, -0.2) is 4.98 Å². The summed E-state index contributed by atoms with van der Waals surface area (Å²) in [7, 11) is 1.90. The van der Waals surface area contributed by atoms with Gasteiger partial charge in [-0.3, -0.25) is 14.4 Å². The Morgan fingerprint density at radius 2 is 2.04 bits per heavy atom. The van der Waals surface area contributed by atoms with Crippen LogP contribution >= 0.6 is 11.3 Å². The molecule has 2 aliphatic heterocycles. The van der Waals surface area contributed by atoms with Crippen LogP contribution in [0.3, 0.4) is 0 Å². The van der Waals surface area contributed by atoms with Crippen LogP contribution in [0.25, 0.3) is 0 Å². The van der Waals surface area contributed by atoms with Crippen molar-refractivity contribution in [3.8, 4) is 0 Å². The van der Waals surface area contributed by atoms with E-state index in [4.69, 9.17) is 0 Å². The van der Waals surface area contributed by atoms with Crippen LogP contribution in [-0.4, -0.2) is 62.2 Å². The first-order chi connectivity index (χ1) is 12.6. The second-order valence-electron chi connectivity index (χ2n) is 7.28. The van der Waals surface area contributed by atoms with Crippen LogP contribution < -0.4 is 5.32 Å². The van der Waals surface area contributed by atoms with E-state index in [0.717, 1.165) is 69.2 Å². The molecule has 0 aromatic carbocycles. The van der Waals surface area contributed by atoms with Gasteiger partial charge >= 0.3 is 0 Å². The molecule has 2 aliphatic rings. The number of piperidine rings is 1. The van der Waals surface area contributed by atoms with Crippen LogP contribution in [0.15, 0.2) is 23.8 Å². The summed E-state index contributed by atoms with van der Waals surface area (Å²) in [6.45, 7) is 4.41. The molecule has 4 heterocycles. The number of carbonyl (C=O) groups excluding carboxylic acids is 1. The van der Waals surface area contributed by atoms with Gasteiger partial charge in [0.05, 0.1) is 6.54 Å². The molecule has 7 nitrogen and oxygen atoms in total. The molecule has 8 heteroatoms. The summed E-state index contributed by atoms with van der Waals surface area (Å²) >= 11 is 1.69. The van der Waals surface area contributed by atoms with Gasteiger partial charge in [0.25, 0.3) is 0 Å². The number of anilines is 1. The topological polar surface area (TPSA) is 66.3 Å². The van der Waals surface area contributed by atoms with Crippen molar-refractivity contribution in [2.75, 3.05) is 31.5 Å². The molecule has 1 amide bonds. The van der Waals surface area contributed by atoms with Gasteiger partial charge < -0.3 is 10.2 Å². The highest BCUT2D eigenvalue weighted by Crippen LogP contribution is 2.31. The Kier molecular flexibility index (Phi) is 4.95. The number of aromatic nitrogens is 3. The maximum absolute atomic E-state index is 13.4. The Bertz CT molecular complexity index is 729. The van der Waals surface area contributed by atoms with E-state index in [1.807, 2.05) is 35.8 Å². The lowest BCUT2D eigenvalue weighted by molar-refractivity contribution is -0.136. The maximum atomic E-state index is 13.4. The van der Waals surface area contributed by atoms with Crippen LogP contribution in [0.2, 0.25) is 0 Å². The second-order valence-corrected chi connectivity index (χ2v) is 8.26. The highest BCUT2D eigenvalue weighted by atomic mass is 32.1. The lowest BCUT2D eigenvalue weighted by Gasteiger charge is -2.42. The minimum Gasteiger partial charge on any atom is -0.354 e. The van der Waals surface area contributed by atoms with Crippen molar-refractivity contribution in [1.82, 2.24) is 24.6 Å². The fraction of sp³-hybridized carbons (Fsp3) is 0.611. The molecule has 0 radical (unpaired) electrons. The first-order valence-electron chi connectivity index (χ1n) is 9.33. The third-order valence-electron chi connectivity index (χ3n) is 5.44. The number of thiazole rings is 1. The zero-order valence-corrected chi connectivity index (χ0v) is 16.0. The van der Waals surface area contributed by atoms with Gasteiger partial charge in [0.15, 0.2) is 0 Å². The normalized spacial score (nSPS) is 20.4. The van der Waals surface area contributed by atoms with Gasteiger partial charge in [-0.2, -0.15) is 5.10 Å². The van der Waals surface area contributed by atoms with Crippen molar-refractivity contribution in [2.45, 2.75) is 37.8 Å². The Morgan fingerprint density at radius 3 is 2.65 bits per heavy atom. The number of nitrogens with zero attached hydrogens (tertiary/aromatic N) is 5. The number of nitrogens with one attached hydrogen (secondary N) is 1. The Balaban J connectivity index is 1.49. The predicted molar refractivity (Wildman–Crippen MR) is 102 cm³/mol. The maximum Gasteiger partial charge on any atom is 0.248 e. The minimum atomic E-state index is -0.544. The molecule has 0 unspecified atom stereocenters. The van der Waals surface area contributed by atoms with Crippen LogP contribution in [0.1, 0.15) is 30.7 Å². The summed E-state index contributed by atoms with van der Waals surface area (Å²) in [4.78, 5) is 22.2. The van der Waals surface area contributed by atoms with Crippen LogP contribution in [-0.2, 0) is 18.4 Å². The molecule has 1 N–H and O–H groups in total. The molecule has 2 fully saturated rings. The number of rotatable bonds is 5. The Labute approximate surface area is 158 Å². The molecule has 0 bridgehead atoms. The Hall–Kier alpha value is -1.93. The van der Waals surface area contributed by atoms with Gasteiger partial charge in [-0.1, -0.05) is 0 Å². The highest BCUT2D eigenvalue weighted by Gasteiger charge is 2.44. The van der Waals surface area contributed by atoms with Crippen molar-refractivity contribution in [3.05, 3.63) is 28.8 Å². The fourth-order valence-electron chi connectivity index (χ4n) is 3.96. The van der Waals surface area contributed by atoms with E-state index in [0.29, 0.717) is 0 Å². The van der Waals surface area contributed by atoms with Gasteiger partial charge in [0.2, 0.25) is 5.91 Å². The molecule has 2 aromatic heterocycles. The zero-order valence-electron chi connectivity index (χ0n) is 15.2. The van der Waals surface area contributed by atoms with Crippen molar-refractivity contribution in [1.29, 1.82) is 0 Å². The van der Waals surface area contributed by atoms with Gasteiger partial charge in [-0.05, 0) is 25.7 Å². The van der Waals surface area contributed by atoms with Gasteiger partial charge in [0, 0.05) is 57.1 Å². The van der Waals surface area contributed by atoms with Crippen LogP contribution in [0.4, 0.5) is 5.82 Å². The monoisotopic (exact) mass is 374 g/mol. The summed E-state index contributed by atoms with van der Waals surface area (Å²) in [6.07, 6.45) is 7.58. The molecule has 0 saturated carbocycles. The summed E-state index contributed by atoms with van der Waals surface area (Å²) in [6, 6.07) is 1.95. The average Bonchev–Trinajstić information content (AvgIpc) is 3.39. The molecule has 0 atom stereocenters. The first kappa shape index (κ1) is 17.5. The minimum absolute atomic E-state index is 0.245. The van der Waals surface area contributed by atoms with E-state index >= 15 is 0 Å². The second kappa shape index (κ2) is 7.36. The number of aryl methyl sites for hydroxylation is 1. The molecule has 140 valence electrons. The van der Waals surface area contributed by atoms with Crippen molar-refractivity contribution >= 4 is 23.1 Å². The lowest BCUT2D eigenvalue weighted by Crippen LogP contribution is -2.58. The lowest BCUT2D eigenvalue weighted by atomic mass is 9.85. The van der Waals surface area contributed by atoms with E-state index in [1.54, 1.807) is 16.0 Å². The molecule has 0 spiro atoms. The van der Waals surface area contributed by atoms with E-state index in [2.05, 4.69) is 20.3 Å². The summed E-state index contributed by atoms with van der Waals surface area (Å²) in [5.74, 6) is 1.03. The number of hydrogen-bond acceptors (Lipinski definition) is 6. The first-order valence-corrected chi connectivity index (χ1v) is 10.2. The highest BCUT2D eigenvalue weighted by molar-refractivity contribution is 7.09. The van der Waals surface area contributed by atoms with Crippen LogP contribution in [0.5, 0.6) is 0 Å². The molecule has 26 heavy (non-hydrogen) atoms. The molecule has 4 rings (SSSR count). The van der Waals surface area contributed by atoms with Gasteiger partial charge in [0.1, 0.15) is 16.4 Å². The van der Waals surface area contributed by atoms with E-state index < -0.39 is 5.54 Å². The fourth-order valence-corrected chi connectivity index (χ4v) is 4.61. The molecule has 0 aliphatic carbocycles. The summed E-state index contributed by atoms with van der Waals surface area (Å²) in [5, 5.41) is 11.1. The number of amides is 1.